The second-order valence-corrected chi connectivity index (χ2v) is 9.87. The number of nitrogens with one attached hydrogen (secondary N) is 1. The van der Waals surface area contributed by atoms with Gasteiger partial charge in [0.15, 0.2) is 10.8 Å². The first-order valence-electron chi connectivity index (χ1n) is 10.6. The van der Waals surface area contributed by atoms with Crippen molar-refractivity contribution in [2.45, 2.75) is 44.3 Å². The van der Waals surface area contributed by atoms with E-state index in [1.807, 2.05) is 37.3 Å². The van der Waals surface area contributed by atoms with Gasteiger partial charge in [-0.05, 0) is 42.7 Å². The molecule has 0 unspecified atom stereocenters. The highest BCUT2D eigenvalue weighted by molar-refractivity contribution is 7.99. The van der Waals surface area contributed by atoms with Crippen molar-refractivity contribution < 1.29 is 9.15 Å². The number of benzene rings is 1. The van der Waals surface area contributed by atoms with Gasteiger partial charge in [0.05, 0.1) is 19.1 Å². The predicted molar refractivity (Wildman–Crippen MR) is 127 cm³/mol. The lowest BCUT2D eigenvalue weighted by molar-refractivity contribution is 0.375. The Morgan fingerprint density at radius 2 is 2.03 bits per heavy atom. The van der Waals surface area contributed by atoms with Crippen molar-refractivity contribution in [1.82, 2.24) is 24.8 Å². The van der Waals surface area contributed by atoms with E-state index in [0.29, 0.717) is 0 Å². The van der Waals surface area contributed by atoms with E-state index in [2.05, 4.69) is 40.6 Å². The van der Waals surface area contributed by atoms with Gasteiger partial charge in [-0.2, -0.15) is 0 Å². The number of hydrogen-bond donors (Lipinski definition) is 1. The number of methoxy groups -OCH3 is 1. The molecule has 0 fully saturated rings. The predicted octanol–water partition coefficient (Wildman–Crippen LogP) is 5.19. The summed E-state index contributed by atoms with van der Waals surface area (Å²) in [4.78, 5) is 14.8. The number of nitrogens with zero attached hydrogens (tertiary/aromatic N) is 4. The third-order valence-corrected chi connectivity index (χ3v) is 6.08. The van der Waals surface area contributed by atoms with Gasteiger partial charge in [-0.1, -0.05) is 32.5 Å². The van der Waals surface area contributed by atoms with Gasteiger partial charge < -0.3 is 19.0 Å². The molecule has 1 aromatic carbocycles. The van der Waals surface area contributed by atoms with E-state index >= 15 is 0 Å². The lowest BCUT2D eigenvalue weighted by Gasteiger charge is -2.19. The van der Waals surface area contributed by atoms with Crippen LogP contribution in [0.5, 0.6) is 5.75 Å². The van der Waals surface area contributed by atoms with Crippen LogP contribution in [0.1, 0.15) is 26.5 Å². The standard InChI is InChI=1S/C24H29N5O2S/c1-16-21-22(27-15-26-16)29(11-10-25-14-24(2,3)4)23(28-21)32-20-13-17(30-5)8-9-18(20)19-7-6-12-31-19/h6-9,12-13,15,25H,10-11,14H2,1-5H3. The van der Waals surface area contributed by atoms with Crippen molar-refractivity contribution in [2.75, 3.05) is 20.2 Å². The van der Waals surface area contributed by atoms with Crippen molar-refractivity contribution in [3.63, 3.8) is 0 Å². The summed E-state index contributed by atoms with van der Waals surface area (Å²) < 4.78 is 13.3. The Bertz CT molecular complexity index is 1200. The van der Waals surface area contributed by atoms with E-state index in [1.165, 1.54) is 0 Å². The highest BCUT2D eigenvalue weighted by atomic mass is 32.2. The van der Waals surface area contributed by atoms with Crippen LogP contribution in [0.15, 0.2) is 57.4 Å². The number of aromatic nitrogens is 4. The molecule has 0 amide bonds. The van der Waals surface area contributed by atoms with E-state index < -0.39 is 0 Å². The van der Waals surface area contributed by atoms with Crippen molar-refractivity contribution in [1.29, 1.82) is 0 Å². The van der Waals surface area contributed by atoms with Crippen molar-refractivity contribution in [2.24, 2.45) is 5.41 Å². The van der Waals surface area contributed by atoms with Crippen LogP contribution >= 0.6 is 11.8 Å². The SMILES string of the molecule is COc1ccc(-c2ccco2)c(Sc2nc3c(C)ncnc3n2CCNCC(C)(C)C)c1. The van der Waals surface area contributed by atoms with Crippen molar-refractivity contribution >= 4 is 22.9 Å². The van der Waals surface area contributed by atoms with E-state index in [4.69, 9.17) is 14.1 Å². The summed E-state index contributed by atoms with van der Waals surface area (Å²) in [5.41, 5.74) is 3.77. The van der Waals surface area contributed by atoms with Crippen molar-refractivity contribution in [3.8, 4) is 17.1 Å². The summed E-state index contributed by atoms with van der Waals surface area (Å²) in [5, 5.41) is 4.41. The second kappa shape index (κ2) is 9.34. The molecule has 4 rings (SSSR count). The van der Waals surface area contributed by atoms with Crippen LogP contribution in [0.3, 0.4) is 0 Å². The number of ether oxygens (including phenoxy) is 1. The van der Waals surface area contributed by atoms with E-state index in [-0.39, 0.29) is 5.41 Å². The van der Waals surface area contributed by atoms with Gasteiger partial charge in [0.1, 0.15) is 23.4 Å². The average Bonchev–Trinajstić information content (AvgIpc) is 3.40. The summed E-state index contributed by atoms with van der Waals surface area (Å²) in [6.45, 7) is 11.2. The monoisotopic (exact) mass is 451 g/mol. The van der Waals surface area contributed by atoms with Crippen LogP contribution in [0.25, 0.3) is 22.5 Å². The Labute approximate surface area is 192 Å². The first-order valence-corrected chi connectivity index (χ1v) is 11.5. The van der Waals surface area contributed by atoms with Crippen LogP contribution in [0.4, 0.5) is 0 Å². The lowest BCUT2D eigenvalue weighted by atomic mass is 9.97. The van der Waals surface area contributed by atoms with Crippen LogP contribution in [-0.4, -0.2) is 39.7 Å². The molecule has 0 aliphatic heterocycles. The Morgan fingerprint density at radius 3 is 2.75 bits per heavy atom. The molecule has 3 aromatic heterocycles. The second-order valence-electron chi connectivity index (χ2n) is 8.86. The zero-order valence-electron chi connectivity index (χ0n) is 19.2. The minimum absolute atomic E-state index is 0.228. The van der Waals surface area contributed by atoms with Gasteiger partial charge in [-0.15, -0.1) is 0 Å². The topological polar surface area (TPSA) is 78.0 Å². The number of furan rings is 1. The molecule has 0 saturated carbocycles. The molecule has 0 bridgehead atoms. The molecule has 8 heteroatoms. The normalized spacial score (nSPS) is 11.9. The van der Waals surface area contributed by atoms with Crippen LogP contribution in [0, 0.1) is 12.3 Å². The van der Waals surface area contributed by atoms with Gasteiger partial charge >= 0.3 is 0 Å². The van der Waals surface area contributed by atoms with Crippen molar-refractivity contribution in [3.05, 3.63) is 48.6 Å². The lowest BCUT2D eigenvalue weighted by Crippen LogP contribution is -2.29. The minimum Gasteiger partial charge on any atom is -0.497 e. The average molecular weight is 452 g/mol. The summed E-state index contributed by atoms with van der Waals surface area (Å²) in [5.74, 6) is 1.59. The molecule has 4 aromatic rings. The molecule has 0 spiro atoms. The van der Waals surface area contributed by atoms with Crippen LogP contribution < -0.4 is 10.1 Å². The molecule has 0 radical (unpaired) electrons. The number of hydrogen-bond acceptors (Lipinski definition) is 7. The largest absolute Gasteiger partial charge is 0.497 e. The van der Waals surface area contributed by atoms with Crippen LogP contribution in [-0.2, 0) is 6.54 Å². The Morgan fingerprint density at radius 1 is 1.19 bits per heavy atom. The van der Waals surface area contributed by atoms with Gasteiger partial charge in [0.2, 0.25) is 0 Å². The van der Waals surface area contributed by atoms with E-state index in [9.17, 15) is 0 Å². The molecule has 3 heterocycles. The third-order valence-electron chi connectivity index (χ3n) is 5.02. The quantitative estimate of drug-likeness (QED) is 0.369. The molecule has 32 heavy (non-hydrogen) atoms. The number of rotatable bonds is 8. The fraction of sp³-hybridized carbons (Fsp3) is 0.375. The summed E-state index contributed by atoms with van der Waals surface area (Å²) in [6.07, 6.45) is 3.29. The molecule has 168 valence electrons. The molecule has 0 saturated heterocycles. The smallest absolute Gasteiger partial charge is 0.175 e. The zero-order valence-corrected chi connectivity index (χ0v) is 20.0. The fourth-order valence-electron chi connectivity index (χ4n) is 3.41. The maximum atomic E-state index is 5.68. The molecular weight excluding hydrogens is 422 g/mol. The number of imidazole rings is 1. The first-order chi connectivity index (χ1) is 15.4. The highest BCUT2D eigenvalue weighted by Gasteiger charge is 2.19. The highest BCUT2D eigenvalue weighted by Crippen LogP contribution is 2.39. The van der Waals surface area contributed by atoms with E-state index in [1.54, 1.807) is 31.5 Å². The van der Waals surface area contributed by atoms with Gasteiger partial charge in [0.25, 0.3) is 0 Å². The minimum atomic E-state index is 0.228. The third kappa shape index (κ3) is 4.97. The Balaban J connectivity index is 1.71. The Hall–Kier alpha value is -2.84. The van der Waals surface area contributed by atoms with Crippen LogP contribution in [0.2, 0.25) is 0 Å². The molecule has 0 aliphatic carbocycles. The number of aryl methyl sites for hydroxylation is 1. The molecule has 7 nitrogen and oxygen atoms in total. The first kappa shape index (κ1) is 22.4. The van der Waals surface area contributed by atoms with Gasteiger partial charge in [-0.25, -0.2) is 15.0 Å². The summed E-state index contributed by atoms with van der Waals surface area (Å²) >= 11 is 1.58. The summed E-state index contributed by atoms with van der Waals surface area (Å²) in [7, 11) is 1.67. The summed E-state index contributed by atoms with van der Waals surface area (Å²) in [6, 6.07) is 9.83. The van der Waals surface area contributed by atoms with E-state index in [0.717, 1.165) is 63.6 Å². The van der Waals surface area contributed by atoms with Gasteiger partial charge in [0, 0.05) is 30.1 Å². The molecule has 0 atom stereocenters. The number of fused-ring (bicyclic) bond motifs is 1. The molecule has 1 N–H and O–H groups in total. The molecule has 0 aliphatic rings. The maximum Gasteiger partial charge on any atom is 0.175 e. The fourth-order valence-corrected chi connectivity index (χ4v) is 4.49. The Kier molecular flexibility index (Phi) is 6.53. The maximum absolute atomic E-state index is 5.68. The van der Waals surface area contributed by atoms with Gasteiger partial charge in [-0.3, -0.25) is 0 Å². The molecular formula is C24H29N5O2S. The zero-order chi connectivity index (χ0) is 22.7.